The van der Waals surface area contributed by atoms with Crippen molar-refractivity contribution in [1.82, 2.24) is 5.32 Å². The lowest BCUT2D eigenvalue weighted by molar-refractivity contribution is -0.144. The van der Waals surface area contributed by atoms with E-state index in [1.807, 2.05) is 6.92 Å². The lowest BCUT2D eigenvalue weighted by Crippen LogP contribution is -2.34. The zero-order valence-corrected chi connectivity index (χ0v) is 8.71. The number of ether oxygens (including phenoxy) is 1. The zero-order chi connectivity index (χ0) is 11.0. The van der Waals surface area contributed by atoms with Gasteiger partial charge in [-0.2, -0.15) is 0 Å². The molecule has 0 aromatic carbocycles. The van der Waals surface area contributed by atoms with Gasteiger partial charge in [0.15, 0.2) is 0 Å². The van der Waals surface area contributed by atoms with Crippen molar-refractivity contribution in [3.8, 4) is 0 Å². The summed E-state index contributed by atoms with van der Waals surface area (Å²) in [6.45, 7) is 4.46. The van der Waals surface area contributed by atoms with E-state index in [1.165, 1.54) is 0 Å². The predicted octanol–water partition coefficient (Wildman–Crippen LogP) is -0.207. The molecule has 0 radical (unpaired) electrons. The summed E-state index contributed by atoms with van der Waals surface area (Å²) in [5.74, 6) is -0.538. The van der Waals surface area contributed by atoms with E-state index in [2.05, 4.69) is 5.32 Å². The Balaban J connectivity index is 3.67. The molecule has 0 unspecified atom stereocenters. The Morgan fingerprint density at radius 1 is 1.43 bits per heavy atom. The van der Waals surface area contributed by atoms with Crippen LogP contribution in [0.1, 0.15) is 26.7 Å². The largest absolute Gasteiger partial charge is 0.465 e. The number of carbonyl (C=O) groups is 2. The predicted molar refractivity (Wildman–Crippen MR) is 52.5 cm³/mol. The van der Waals surface area contributed by atoms with Crippen LogP contribution in [0.2, 0.25) is 0 Å². The first-order valence-electron chi connectivity index (χ1n) is 4.80. The highest BCUT2D eigenvalue weighted by Crippen LogP contribution is 1.97. The average molecular weight is 202 g/mol. The van der Waals surface area contributed by atoms with Gasteiger partial charge in [-0.05, 0) is 20.3 Å². The van der Waals surface area contributed by atoms with Crippen molar-refractivity contribution in [1.29, 1.82) is 0 Å². The molecule has 0 bridgehead atoms. The van der Waals surface area contributed by atoms with Crippen molar-refractivity contribution in [3.05, 3.63) is 0 Å². The van der Waals surface area contributed by atoms with Crippen molar-refractivity contribution >= 4 is 11.9 Å². The first-order valence-corrected chi connectivity index (χ1v) is 4.80. The summed E-state index contributed by atoms with van der Waals surface area (Å²) in [5.41, 5.74) is 5.49. The van der Waals surface area contributed by atoms with Gasteiger partial charge in [0.05, 0.1) is 6.61 Å². The van der Waals surface area contributed by atoms with Crippen molar-refractivity contribution in [2.75, 3.05) is 13.2 Å². The van der Waals surface area contributed by atoms with Gasteiger partial charge >= 0.3 is 5.97 Å². The van der Waals surface area contributed by atoms with Crippen LogP contribution in [0.5, 0.6) is 0 Å². The van der Waals surface area contributed by atoms with Gasteiger partial charge in [-0.25, -0.2) is 0 Å². The Morgan fingerprint density at radius 2 is 2.07 bits per heavy atom. The highest BCUT2D eigenvalue weighted by atomic mass is 16.5. The highest BCUT2D eigenvalue weighted by molar-refractivity contribution is 5.79. The van der Waals surface area contributed by atoms with Crippen LogP contribution < -0.4 is 11.1 Å². The summed E-state index contributed by atoms with van der Waals surface area (Å²) in [7, 11) is 0. The molecule has 82 valence electrons. The van der Waals surface area contributed by atoms with Crippen molar-refractivity contribution in [2.24, 2.45) is 5.73 Å². The van der Waals surface area contributed by atoms with E-state index >= 15 is 0 Å². The minimum absolute atomic E-state index is 0.0905. The number of nitrogens with one attached hydrogen (secondary N) is 1. The van der Waals surface area contributed by atoms with Crippen LogP contribution in [0, 0.1) is 0 Å². The maximum atomic E-state index is 11.0. The molecule has 0 aliphatic heterocycles. The van der Waals surface area contributed by atoms with Gasteiger partial charge in [0, 0.05) is 13.0 Å². The van der Waals surface area contributed by atoms with Crippen LogP contribution in [0.3, 0.4) is 0 Å². The van der Waals surface area contributed by atoms with Gasteiger partial charge in [0.1, 0.15) is 6.04 Å². The molecule has 1 amide bonds. The lowest BCUT2D eigenvalue weighted by Gasteiger charge is -2.09. The molecule has 0 saturated carbocycles. The lowest BCUT2D eigenvalue weighted by atomic mass is 10.1. The SMILES string of the molecule is CCNC(=O)CC[C@@H](N)C(=O)OCC. The molecule has 1 atom stereocenters. The summed E-state index contributed by atoms with van der Waals surface area (Å²) in [4.78, 5) is 22.0. The number of hydrogen-bond donors (Lipinski definition) is 2. The average Bonchev–Trinajstić information content (AvgIpc) is 2.15. The third-order valence-corrected chi connectivity index (χ3v) is 1.65. The fraction of sp³-hybridized carbons (Fsp3) is 0.778. The molecule has 0 fully saturated rings. The van der Waals surface area contributed by atoms with Crippen LogP contribution >= 0.6 is 0 Å². The number of carbonyl (C=O) groups excluding carboxylic acids is 2. The van der Waals surface area contributed by atoms with Gasteiger partial charge in [0.2, 0.25) is 5.91 Å². The van der Waals surface area contributed by atoms with E-state index in [9.17, 15) is 9.59 Å². The third-order valence-electron chi connectivity index (χ3n) is 1.65. The first-order chi connectivity index (χ1) is 6.61. The Hall–Kier alpha value is -1.10. The van der Waals surface area contributed by atoms with Crippen LogP contribution in [0.15, 0.2) is 0 Å². The molecule has 0 saturated heterocycles. The minimum Gasteiger partial charge on any atom is -0.465 e. The molecule has 5 nitrogen and oxygen atoms in total. The number of rotatable bonds is 6. The normalized spacial score (nSPS) is 11.9. The Bertz CT molecular complexity index is 194. The molecule has 0 heterocycles. The molecule has 0 aromatic heterocycles. The van der Waals surface area contributed by atoms with E-state index in [-0.39, 0.29) is 12.3 Å². The van der Waals surface area contributed by atoms with E-state index in [0.29, 0.717) is 19.6 Å². The molecule has 14 heavy (non-hydrogen) atoms. The van der Waals surface area contributed by atoms with Crippen molar-refractivity contribution < 1.29 is 14.3 Å². The van der Waals surface area contributed by atoms with Gasteiger partial charge < -0.3 is 15.8 Å². The van der Waals surface area contributed by atoms with E-state index in [1.54, 1.807) is 6.92 Å². The zero-order valence-electron chi connectivity index (χ0n) is 8.71. The summed E-state index contributed by atoms with van der Waals surface area (Å²) in [6, 6.07) is -0.697. The third kappa shape index (κ3) is 5.53. The van der Waals surface area contributed by atoms with E-state index < -0.39 is 12.0 Å². The topological polar surface area (TPSA) is 81.4 Å². The quantitative estimate of drug-likeness (QED) is 0.584. The Morgan fingerprint density at radius 3 is 2.57 bits per heavy atom. The second-order valence-corrected chi connectivity index (χ2v) is 2.85. The highest BCUT2D eigenvalue weighted by Gasteiger charge is 2.15. The molecule has 5 heteroatoms. The summed E-state index contributed by atoms with van der Waals surface area (Å²) in [5, 5.41) is 2.63. The maximum absolute atomic E-state index is 11.0. The fourth-order valence-electron chi connectivity index (χ4n) is 0.939. The first kappa shape index (κ1) is 12.9. The molecule has 0 aromatic rings. The van der Waals surface area contributed by atoms with Crippen LogP contribution in [-0.4, -0.2) is 31.1 Å². The number of amides is 1. The van der Waals surface area contributed by atoms with E-state index in [4.69, 9.17) is 10.5 Å². The molecule has 0 aliphatic carbocycles. The standard InChI is InChI=1S/C9H18N2O3/c1-3-11-8(12)6-5-7(10)9(13)14-4-2/h7H,3-6,10H2,1-2H3,(H,11,12)/t7-/m1/s1. The summed E-state index contributed by atoms with van der Waals surface area (Å²) >= 11 is 0. The van der Waals surface area contributed by atoms with Gasteiger partial charge in [0.25, 0.3) is 0 Å². The molecule has 0 rings (SSSR count). The molecular weight excluding hydrogens is 184 g/mol. The molecular formula is C9H18N2O3. The monoisotopic (exact) mass is 202 g/mol. The second kappa shape index (κ2) is 7.32. The Labute approximate surface area is 84.0 Å². The Kier molecular flexibility index (Phi) is 6.74. The number of esters is 1. The van der Waals surface area contributed by atoms with E-state index in [0.717, 1.165) is 0 Å². The summed E-state index contributed by atoms with van der Waals surface area (Å²) in [6.07, 6.45) is 0.582. The maximum Gasteiger partial charge on any atom is 0.322 e. The van der Waals surface area contributed by atoms with Gasteiger partial charge in [-0.1, -0.05) is 0 Å². The minimum atomic E-state index is -0.697. The molecule has 0 spiro atoms. The smallest absolute Gasteiger partial charge is 0.322 e. The van der Waals surface area contributed by atoms with Crippen molar-refractivity contribution in [2.45, 2.75) is 32.7 Å². The fourth-order valence-corrected chi connectivity index (χ4v) is 0.939. The number of nitrogens with two attached hydrogens (primary N) is 1. The van der Waals surface area contributed by atoms with Crippen LogP contribution in [0.4, 0.5) is 0 Å². The summed E-state index contributed by atoms with van der Waals surface area (Å²) < 4.78 is 4.70. The van der Waals surface area contributed by atoms with Crippen molar-refractivity contribution in [3.63, 3.8) is 0 Å². The van der Waals surface area contributed by atoms with Crippen LogP contribution in [0.25, 0.3) is 0 Å². The van der Waals surface area contributed by atoms with Gasteiger partial charge in [-0.15, -0.1) is 0 Å². The number of hydrogen-bond acceptors (Lipinski definition) is 4. The molecule has 3 N–H and O–H groups in total. The van der Waals surface area contributed by atoms with Gasteiger partial charge in [-0.3, -0.25) is 9.59 Å². The second-order valence-electron chi connectivity index (χ2n) is 2.85. The van der Waals surface area contributed by atoms with Crippen LogP contribution in [-0.2, 0) is 14.3 Å². The molecule has 0 aliphatic rings.